The molecular weight excluding hydrogens is 296 g/mol. The number of aryl methyl sites for hydroxylation is 1. The lowest BCUT2D eigenvalue weighted by molar-refractivity contribution is -0.671. The van der Waals surface area contributed by atoms with Gasteiger partial charge in [0.15, 0.2) is 6.54 Å². The van der Waals surface area contributed by atoms with Crippen molar-refractivity contribution in [1.82, 2.24) is 4.57 Å². The Bertz CT molecular complexity index is 642. The molecule has 4 N–H and O–H groups in total. The summed E-state index contributed by atoms with van der Waals surface area (Å²) in [5.74, 6) is 0.0310. The second-order valence-electron chi connectivity index (χ2n) is 4.41. The summed E-state index contributed by atoms with van der Waals surface area (Å²) in [6, 6.07) is 2.82. The molecule has 0 spiro atoms. The summed E-state index contributed by atoms with van der Waals surface area (Å²) in [5.41, 5.74) is 6.22. The Hall–Kier alpha value is -2.41. The largest absolute Gasteiger partial charge is 1.00 e. The first kappa shape index (κ1) is 16.6. The van der Waals surface area contributed by atoms with E-state index in [9.17, 15) is 9.90 Å². The number of nitrogens with two attached hydrogens (primary N) is 1. The molecule has 0 aliphatic rings. The highest BCUT2D eigenvalue weighted by molar-refractivity contribution is 5.93. The number of nitrogen functional groups attached to an aromatic ring is 1. The number of phenolic OH excluding ortho intramolecular Hbond substituents is 1. The number of aromatic hydroxyl groups is 1. The average Bonchev–Trinajstić information content (AvgIpc) is 2.78. The van der Waals surface area contributed by atoms with Gasteiger partial charge in [-0.05, 0) is 0 Å². The molecule has 1 heterocycles. The SMILES string of the molecule is COc1cc(NC(=O)Cn2cc[n+](C)c2)c(O)cc1N.[Cl-]. The number of anilines is 2. The van der Waals surface area contributed by atoms with Crippen molar-refractivity contribution in [2.24, 2.45) is 7.05 Å². The van der Waals surface area contributed by atoms with Gasteiger partial charge >= 0.3 is 0 Å². The van der Waals surface area contributed by atoms with Crippen molar-refractivity contribution in [2.75, 3.05) is 18.2 Å². The van der Waals surface area contributed by atoms with Crippen molar-refractivity contribution in [3.63, 3.8) is 0 Å². The van der Waals surface area contributed by atoms with Gasteiger partial charge in [0, 0.05) is 12.1 Å². The van der Waals surface area contributed by atoms with Crippen LogP contribution >= 0.6 is 0 Å². The topological polar surface area (TPSA) is 93.4 Å². The number of rotatable bonds is 4. The minimum Gasteiger partial charge on any atom is -1.00 e. The van der Waals surface area contributed by atoms with E-state index in [1.165, 1.54) is 19.2 Å². The van der Waals surface area contributed by atoms with Crippen LogP contribution in [-0.4, -0.2) is 22.7 Å². The number of nitrogens with zero attached hydrogens (tertiary/aromatic N) is 2. The number of phenols is 1. The predicted molar refractivity (Wildman–Crippen MR) is 73.3 cm³/mol. The minimum atomic E-state index is -0.261. The van der Waals surface area contributed by atoms with Crippen LogP contribution in [0.4, 0.5) is 11.4 Å². The third-order valence-corrected chi connectivity index (χ3v) is 2.77. The van der Waals surface area contributed by atoms with E-state index in [0.29, 0.717) is 11.4 Å². The predicted octanol–water partition coefficient (Wildman–Crippen LogP) is -2.75. The number of imidazole rings is 1. The second kappa shape index (κ2) is 6.85. The molecule has 2 aromatic rings. The number of hydrogen-bond donors (Lipinski definition) is 3. The van der Waals surface area contributed by atoms with E-state index in [0.717, 1.165) is 0 Å². The number of halogens is 1. The van der Waals surface area contributed by atoms with Crippen LogP contribution in [0.15, 0.2) is 30.9 Å². The van der Waals surface area contributed by atoms with Gasteiger partial charge in [0.05, 0.1) is 25.5 Å². The number of carbonyl (C=O) groups is 1. The molecule has 0 atom stereocenters. The van der Waals surface area contributed by atoms with Gasteiger partial charge in [-0.3, -0.25) is 4.79 Å². The average molecular weight is 313 g/mol. The van der Waals surface area contributed by atoms with E-state index in [1.807, 2.05) is 17.8 Å². The van der Waals surface area contributed by atoms with Crippen LogP contribution in [0, 0.1) is 0 Å². The lowest BCUT2D eigenvalue weighted by Crippen LogP contribution is -3.00. The van der Waals surface area contributed by atoms with E-state index < -0.39 is 0 Å². The van der Waals surface area contributed by atoms with Gasteiger partial charge in [-0.1, -0.05) is 0 Å². The third-order valence-electron chi connectivity index (χ3n) is 2.77. The third kappa shape index (κ3) is 4.03. The summed E-state index contributed by atoms with van der Waals surface area (Å²) in [5, 5.41) is 12.4. The lowest BCUT2D eigenvalue weighted by atomic mass is 10.2. The molecule has 1 aromatic heterocycles. The molecule has 7 nitrogen and oxygen atoms in total. The number of carbonyl (C=O) groups excluding carboxylic acids is 1. The summed E-state index contributed by atoms with van der Waals surface area (Å²) in [4.78, 5) is 11.9. The Balaban J connectivity index is 0.00000220. The number of benzene rings is 1. The fourth-order valence-electron chi connectivity index (χ4n) is 1.81. The van der Waals surface area contributed by atoms with E-state index >= 15 is 0 Å². The monoisotopic (exact) mass is 312 g/mol. The van der Waals surface area contributed by atoms with Gasteiger partial charge in [-0.15, -0.1) is 0 Å². The maximum Gasteiger partial charge on any atom is 0.266 e. The summed E-state index contributed by atoms with van der Waals surface area (Å²) in [7, 11) is 3.33. The van der Waals surface area contributed by atoms with Gasteiger partial charge in [-0.25, -0.2) is 9.13 Å². The Labute approximate surface area is 128 Å². The molecule has 0 unspecified atom stereocenters. The Morgan fingerprint density at radius 1 is 1.52 bits per heavy atom. The molecule has 0 aliphatic heterocycles. The fraction of sp³-hybridized carbons (Fsp3) is 0.231. The summed E-state index contributed by atoms with van der Waals surface area (Å²) in [6.07, 6.45) is 5.39. The maximum atomic E-state index is 11.9. The highest BCUT2D eigenvalue weighted by Gasteiger charge is 2.13. The molecule has 2 rings (SSSR count). The minimum absolute atomic E-state index is 0. The summed E-state index contributed by atoms with van der Waals surface area (Å²) in [6.45, 7) is 0.146. The highest BCUT2D eigenvalue weighted by Crippen LogP contribution is 2.33. The van der Waals surface area contributed by atoms with Crippen LogP contribution in [0.2, 0.25) is 0 Å². The number of amides is 1. The van der Waals surface area contributed by atoms with Crippen LogP contribution in [0.5, 0.6) is 11.5 Å². The zero-order valence-electron chi connectivity index (χ0n) is 11.7. The van der Waals surface area contributed by atoms with Gasteiger partial charge in [0.1, 0.15) is 23.9 Å². The number of aromatic nitrogens is 2. The Morgan fingerprint density at radius 3 is 2.81 bits per heavy atom. The van der Waals surface area contributed by atoms with Crippen molar-refractivity contribution in [3.8, 4) is 11.5 Å². The first-order valence-corrected chi connectivity index (χ1v) is 5.97. The van der Waals surface area contributed by atoms with Crippen molar-refractivity contribution in [2.45, 2.75) is 6.54 Å². The van der Waals surface area contributed by atoms with Gasteiger partial charge in [0.25, 0.3) is 5.91 Å². The maximum absolute atomic E-state index is 11.9. The molecule has 0 radical (unpaired) electrons. The van der Waals surface area contributed by atoms with E-state index in [4.69, 9.17) is 10.5 Å². The first-order chi connectivity index (χ1) is 9.49. The molecule has 0 saturated heterocycles. The van der Waals surface area contributed by atoms with Crippen molar-refractivity contribution < 1.29 is 31.6 Å². The summed E-state index contributed by atoms with van der Waals surface area (Å²) < 4.78 is 8.60. The van der Waals surface area contributed by atoms with E-state index in [2.05, 4.69) is 5.32 Å². The molecule has 21 heavy (non-hydrogen) atoms. The smallest absolute Gasteiger partial charge is 0.266 e. The van der Waals surface area contributed by atoms with Crippen LogP contribution in [-0.2, 0) is 18.4 Å². The number of nitrogens with one attached hydrogen (secondary N) is 1. The second-order valence-corrected chi connectivity index (χ2v) is 4.41. The number of hydrogen-bond acceptors (Lipinski definition) is 4. The lowest BCUT2D eigenvalue weighted by Gasteiger charge is -2.10. The summed E-state index contributed by atoms with van der Waals surface area (Å²) >= 11 is 0. The highest BCUT2D eigenvalue weighted by atomic mass is 35.5. The molecule has 114 valence electrons. The molecule has 8 heteroatoms. The molecule has 0 saturated carbocycles. The van der Waals surface area contributed by atoms with Crippen LogP contribution in [0.25, 0.3) is 0 Å². The zero-order valence-corrected chi connectivity index (χ0v) is 12.5. The van der Waals surface area contributed by atoms with Gasteiger partial charge in [0.2, 0.25) is 6.33 Å². The van der Waals surface area contributed by atoms with Crippen molar-refractivity contribution in [3.05, 3.63) is 30.9 Å². The van der Waals surface area contributed by atoms with E-state index in [1.54, 1.807) is 17.1 Å². The van der Waals surface area contributed by atoms with Crippen LogP contribution in [0.1, 0.15) is 0 Å². The fourth-order valence-corrected chi connectivity index (χ4v) is 1.81. The molecular formula is C13H17ClN4O3. The molecule has 1 aromatic carbocycles. The normalized spacial score (nSPS) is 9.81. The number of methoxy groups -OCH3 is 1. The van der Waals surface area contributed by atoms with Gasteiger partial charge < -0.3 is 33.3 Å². The molecule has 0 aliphatic carbocycles. The standard InChI is InChI=1S/C13H16N4O3.ClH/c1-16-3-4-17(8-16)7-13(19)15-10-6-12(20-2)9(14)5-11(10)18;/h3-6,8H,7,14H2,1-2H3,(H-,15,18,19);1H. The van der Waals surface area contributed by atoms with Crippen molar-refractivity contribution in [1.29, 1.82) is 0 Å². The quantitative estimate of drug-likeness (QED) is 0.324. The first-order valence-electron chi connectivity index (χ1n) is 5.97. The van der Waals surface area contributed by atoms with Crippen molar-refractivity contribution >= 4 is 17.3 Å². The van der Waals surface area contributed by atoms with Crippen LogP contribution in [0.3, 0.4) is 0 Å². The van der Waals surface area contributed by atoms with Gasteiger partial charge in [-0.2, -0.15) is 0 Å². The Morgan fingerprint density at radius 2 is 2.24 bits per heavy atom. The molecule has 0 fully saturated rings. The number of ether oxygens (including phenoxy) is 1. The Kier molecular flexibility index (Phi) is 5.43. The zero-order chi connectivity index (χ0) is 14.7. The molecule has 0 bridgehead atoms. The van der Waals surface area contributed by atoms with E-state index in [-0.39, 0.29) is 36.3 Å². The van der Waals surface area contributed by atoms with Crippen LogP contribution < -0.4 is 32.8 Å². The molecule has 1 amide bonds.